The van der Waals surface area contributed by atoms with Crippen molar-refractivity contribution in [2.24, 2.45) is 0 Å². The van der Waals surface area contributed by atoms with Crippen LogP contribution in [0.25, 0.3) is 0 Å². The number of thioether (sulfide) groups is 1. The minimum absolute atomic E-state index is 0.137. The number of nitrogens with one attached hydrogen (secondary N) is 1. The van der Waals surface area contributed by atoms with Gasteiger partial charge in [-0.25, -0.2) is 12.7 Å². The molecule has 10 heteroatoms. The molecule has 1 amide bonds. The lowest BCUT2D eigenvalue weighted by Crippen LogP contribution is -2.22. The molecule has 27 heavy (non-hydrogen) atoms. The van der Waals surface area contributed by atoms with Crippen molar-refractivity contribution in [3.8, 4) is 0 Å². The van der Waals surface area contributed by atoms with Gasteiger partial charge in [0.15, 0.2) is 5.16 Å². The lowest BCUT2D eigenvalue weighted by Gasteiger charge is -2.12. The van der Waals surface area contributed by atoms with E-state index >= 15 is 0 Å². The number of aromatic nitrogens is 3. The van der Waals surface area contributed by atoms with Gasteiger partial charge in [-0.2, -0.15) is 0 Å². The predicted molar refractivity (Wildman–Crippen MR) is 104 cm³/mol. The number of sulfonamides is 1. The minimum Gasteiger partial charge on any atom is -0.325 e. The Labute approximate surface area is 163 Å². The van der Waals surface area contributed by atoms with Crippen LogP contribution in [0, 0.1) is 0 Å². The van der Waals surface area contributed by atoms with Crippen molar-refractivity contribution >= 4 is 33.4 Å². The molecule has 1 aromatic heterocycles. The van der Waals surface area contributed by atoms with Crippen molar-refractivity contribution in [3.63, 3.8) is 0 Å². The molecule has 146 valence electrons. The first-order valence-corrected chi connectivity index (χ1v) is 11.1. The summed E-state index contributed by atoms with van der Waals surface area (Å²) in [5.41, 5.74) is 0.444. The lowest BCUT2D eigenvalue weighted by atomic mass is 10.3. The molecular weight excluding hydrogens is 386 g/mol. The maximum absolute atomic E-state index is 12.3. The molecular formula is C17H23N5O3S2. The molecule has 3 rings (SSSR count). The van der Waals surface area contributed by atoms with Gasteiger partial charge in [-0.1, -0.05) is 17.8 Å². The van der Waals surface area contributed by atoms with Gasteiger partial charge in [0.25, 0.3) is 0 Å². The second kappa shape index (κ2) is 7.99. The average molecular weight is 410 g/mol. The van der Waals surface area contributed by atoms with Crippen LogP contribution >= 0.6 is 11.8 Å². The van der Waals surface area contributed by atoms with Gasteiger partial charge in [0.2, 0.25) is 15.9 Å². The van der Waals surface area contributed by atoms with Crippen LogP contribution in [-0.2, 0) is 21.4 Å². The van der Waals surface area contributed by atoms with Gasteiger partial charge in [-0.15, -0.1) is 10.2 Å². The highest BCUT2D eigenvalue weighted by Gasteiger charge is 2.30. The fourth-order valence-corrected chi connectivity index (χ4v) is 4.38. The summed E-state index contributed by atoms with van der Waals surface area (Å²) in [5.74, 6) is 1.45. The van der Waals surface area contributed by atoms with Gasteiger partial charge in [-0.3, -0.25) is 4.79 Å². The summed E-state index contributed by atoms with van der Waals surface area (Å²) < 4.78 is 27.6. The normalized spacial score (nSPS) is 14.5. The van der Waals surface area contributed by atoms with E-state index in [0.29, 0.717) is 11.6 Å². The molecule has 1 N–H and O–H groups in total. The summed E-state index contributed by atoms with van der Waals surface area (Å²) in [6.07, 6.45) is 2.30. The van der Waals surface area contributed by atoms with E-state index in [-0.39, 0.29) is 16.6 Å². The van der Waals surface area contributed by atoms with E-state index in [2.05, 4.69) is 20.1 Å². The smallest absolute Gasteiger partial charge is 0.242 e. The quantitative estimate of drug-likeness (QED) is 0.671. The van der Waals surface area contributed by atoms with Crippen LogP contribution in [0.1, 0.15) is 31.5 Å². The SMILES string of the molecule is CCn1c(SCC(=O)Nc2cccc(S(=O)(=O)N(C)C)c2)nnc1C1CC1. The highest BCUT2D eigenvalue weighted by atomic mass is 32.2. The Morgan fingerprint density at radius 1 is 1.33 bits per heavy atom. The van der Waals surface area contributed by atoms with Crippen LogP contribution in [0.5, 0.6) is 0 Å². The van der Waals surface area contributed by atoms with Crippen molar-refractivity contribution in [3.05, 3.63) is 30.1 Å². The van der Waals surface area contributed by atoms with E-state index in [9.17, 15) is 13.2 Å². The fourth-order valence-electron chi connectivity index (χ4n) is 2.62. The zero-order chi connectivity index (χ0) is 19.6. The third-order valence-electron chi connectivity index (χ3n) is 4.23. The molecule has 0 unspecified atom stereocenters. The van der Waals surface area contributed by atoms with Crippen LogP contribution < -0.4 is 5.32 Å². The topological polar surface area (TPSA) is 97.2 Å². The van der Waals surface area contributed by atoms with Crippen molar-refractivity contribution in [2.45, 2.75) is 42.3 Å². The molecule has 1 aromatic carbocycles. The van der Waals surface area contributed by atoms with Crippen molar-refractivity contribution in [2.75, 3.05) is 25.2 Å². The number of anilines is 1. The molecule has 1 aliphatic carbocycles. The molecule has 1 heterocycles. The van der Waals surface area contributed by atoms with Gasteiger partial charge < -0.3 is 9.88 Å². The van der Waals surface area contributed by atoms with Gasteiger partial charge in [0, 0.05) is 32.2 Å². The molecule has 0 bridgehead atoms. The minimum atomic E-state index is -3.54. The highest BCUT2D eigenvalue weighted by Crippen LogP contribution is 2.39. The predicted octanol–water partition coefficient (Wildman–Crippen LogP) is 2.16. The summed E-state index contributed by atoms with van der Waals surface area (Å²) >= 11 is 1.33. The first-order chi connectivity index (χ1) is 12.8. The zero-order valence-electron chi connectivity index (χ0n) is 15.5. The lowest BCUT2D eigenvalue weighted by molar-refractivity contribution is -0.113. The van der Waals surface area contributed by atoms with Crippen LogP contribution in [0.15, 0.2) is 34.3 Å². The van der Waals surface area contributed by atoms with E-state index in [1.165, 1.54) is 38.0 Å². The fraction of sp³-hybridized carbons (Fsp3) is 0.471. The van der Waals surface area contributed by atoms with Gasteiger partial charge in [-0.05, 0) is 38.0 Å². The van der Waals surface area contributed by atoms with Crippen molar-refractivity contribution in [1.29, 1.82) is 0 Å². The Morgan fingerprint density at radius 3 is 2.70 bits per heavy atom. The second-order valence-electron chi connectivity index (χ2n) is 6.51. The highest BCUT2D eigenvalue weighted by molar-refractivity contribution is 7.99. The molecule has 2 aromatic rings. The monoisotopic (exact) mass is 409 g/mol. The van der Waals surface area contributed by atoms with Crippen LogP contribution in [-0.4, -0.2) is 53.2 Å². The van der Waals surface area contributed by atoms with E-state index < -0.39 is 10.0 Å². The number of carbonyl (C=O) groups is 1. The molecule has 0 aliphatic heterocycles. The second-order valence-corrected chi connectivity index (χ2v) is 9.61. The van der Waals surface area contributed by atoms with E-state index in [1.54, 1.807) is 12.1 Å². The Balaban J connectivity index is 1.63. The maximum Gasteiger partial charge on any atom is 0.242 e. The first-order valence-electron chi connectivity index (χ1n) is 8.71. The van der Waals surface area contributed by atoms with Gasteiger partial charge >= 0.3 is 0 Å². The summed E-state index contributed by atoms with van der Waals surface area (Å²) in [6, 6.07) is 6.23. The number of nitrogens with zero attached hydrogens (tertiary/aromatic N) is 4. The number of rotatable bonds is 8. The summed E-state index contributed by atoms with van der Waals surface area (Å²) in [6.45, 7) is 2.81. The molecule has 1 saturated carbocycles. The summed E-state index contributed by atoms with van der Waals surface area (Å²) in [7, 11) is -0.605. The molecule has 8 nitrogen and oxygen atoms in total. The van der Waals surface area contributed by atoms with E-state index in [0.717, 1.165) is 34.7 Å². The van der Waals surface area contributed by atoms with E-state index in [1.807, 2.05) is 6.92 Å². The molecule has 0 atom stereocenters. The molecule has 0 radical (unpaired) electrons. The van der Waals surface area contributed by atoms with Crippen molar-refractivity contribution < 1.29 is 13.2 Å². The van der Waals surface area contributed by atoms with Crippen LogP contribution in [0.4, 0.5) is 5.69 Å². The molecule has 0 saturated heterocycles. The average Bonchev–Trinajstić information content (AvgIpc) is 3.39. The maximum atomic E-state index is 12.3. The zero-order valence-corrected chi connectivity index (χ0v) is 17.2. The number of benzene rings is 1. The van der Waals surface area contributed by atoms with Crippen LogP contribution in [0.2, 0.25) is 0 Å². The number of hydrogen-bond acceptors (Lipinski definition) is 6. The number of hydrogen-bond donors (Lipinski definition) is 1. The molecule has 1 aliphatic rings. The largest absolute Gasteiger partial charge is 0.325 e. The third-order valence-corrected chi connectivity index (χ3v) is 7.01. The number of amides is 1. The standard InChI is InChI=1S/C17H23N5O3S2/c1-4-22-16(12-8-9-12)19-20-17(22)26-11-15(23)18-13-6-5-7-14(10-13)27(24,25)21(2)3/h5-7,10,12H,4,8-9,11H2,1-3H3,(H,18,23). The van der Waals surface area contributed by atoms with Crippen LogP contribution in [0.3, 0.4) is 0 Å². The summed E-state index contributed by atoms with van der Waals surface area (Å²) in [4.78, 5) is 12.4. The Morgan fingerprint density at radius 2 is 2.07 bits per heavy atom. The van der Waals surface area contributed by atoms with Gasteiger partial charge in [0.05, 0.1) is 10.6 Å². The molecule has 0 spiro atoms. The van der Waals surface area contributed by atoms with Gasteiger partial charge in [0.1, 0.15) is 5.82 Å². The molecule has 1 fully saturated rings. The van der Waals surface area contributed by atoms with E-state index in [4.69, 9.17) is 0 Å². The Kier molecular flexibility index (Phi) is 5.87. The van der Waals surface area contributed by atoms with Crippen molar-refractivity contribution in [1.82, 2.24) is 19.1 Å². The third kappa shape index (κ3) is 4.50. The number of carbonyl (C=O) groups excluding carboxylic acids is 1. The Hall–Kier alpha value is -1.91. The Bertz CT molecular complexity index is 936. The summed E-state index contributed by atoms with van der Waals surface area (Å²) in [5, 5.41) is 11.9. The first kappa shape index (κ1) is 19.8.